The van der Waals surface area contributed by atoms with Crippen molar-refractivity contribution in [1.29, 1.82) is 0 Å². The number of hydrogen-bond acceptors (Lipinski definition) is 3. The van der Waals surface area contributed by atoms with Crippen molar-refractivity contribution in [1.82, 2.24) is 5.32 Å². The Bertz CT molecular complexity index is 776. The van der Waals surface area contributed by atoms with E-state index in [1.54, 1.807) is 25.1 Å². The van der Waals surface area contributed by atoms with Gasteiger partial charge in [0.05, 0.1) is 6.54 Å². The molecule has 0 radical (unpaired) electrons. The molecule has 1 unspecified atom stereocenters. The molecule has 0 aliphatic carbocycles. The molecular formula is C18H18N2O3. The van der Waals surface area contributed by atoms with Gasteiger partial charge in [0.1, 0.15) is 16.9 Å². The minimum atomic E-state index is -1.30. The molecule has 1 aromatic heterocycles. The van der Waals surface area contributed by atoms with Crippen LogP contribution in [0.1, 0.15) is 12.7 Å². The summed E-state index contributed by atoms with van der Waals surface area (Å²) in [6, 6.07) is 18.0. The van der Waals surface area contributed by atoms with Crippen LogP contribution in [0.3, 0.4) is 0 Å². The summed E-state index contributed by atoms with van der Waals surface area (Å²) in [5.74, 6) is 0.415. The predicted octanol–water partition coefficient (Wildman–Crippen LogP) is 3.46. The molecule has 3 N–H and O–H groups in total. The summed E-state index contributed by atoms with van der Waals surface area (Å²) in [7, 11) is 0. The number of anilines is 1. The third kappa shape index (κ3) is 3.52. The van der Waals surface area contributed by atoms with E-state index in [9.17, 15) is 9.90 Å². The van der Waals surface area contributed by atoms with Crippen LogP contribution in [-0.4, -0.2) is 17.7 Å². The van der Waals surface area contributed by atoms with E-state index >= 15 is 0 Å². The molecule has 5 nitrogen and oxygen atoms in total. The molecule has 0 aliphatic heterocycles. The lowest BCUT2D eigenvalue weighted by atomic mass is 10.0. The van der Waals surface area contributed by atoms with Crippen molar-refractivity contribution in [2.75, 3.05) is 11.9 Å². The van der Waals surface area contributed by atoms with Crippen molar-refractivity contribution in [3.05, 3.63) is 66.4 Å². The highest BCUT2D eigenvalue weighted by Gasteiger charge is 2.28. The van der Waals surface area contributed by atoms with Gasteiger partial charge in [-0.25, -0.2) is 4.79 Å². The minimum Gasteiger partial charge on any atom is -0.458 e. The molecular weight excluding hydrogens is 292 g/mol. The second kappa shape index (κ2) is 6.14. The van der Waals surface area contributed by atoms with Crippen LogP contribution in [0.25, 0.3) is 11.0 Å². The van der Waals surface area contributed by atoms with Crippen LogP contribution in [0.2, 0.25) is 0 Å². The normalized spacial score (nSPS) is 13.5. The third-order valence-corrected chi connectivity index (χ3v) is 3.58. The number of amides is 2. The fourth-order valence-corrected chi connectivity index (χ4v) is 2.28. The average Bonchev–Trinajstić information content (AvgIpc) is 2.99. The highest BCUT2D eigenvalue weighted by molar-refractivity contribution is 5.89. The Balaban J connectivity index is 1.65. The zero-order chi connectivity index (χ0) is 16.3. The number of furan rings is 1. The van der Waals surface area contributed by atoms with Gasteiger partial charge >= 0.3 is 6.03 Å². The third-order valence-electron chi connectivity index (χ3n) is 3.58. The van der Waals surface area contributed by atoms with Gasteiger partial charge in [-0.3, -0.25) is 0 Å². The molecule has 3 rings (SSSR count). The van der Waals surface area contributed by atoms with Crippen molar-refractivity contribution in [3.63, 3.8) is 0 Å². The number of para-hydroxylation sites is 2. The van der Waals surface area contributed by atoms with Crippen molar-refractivity contribution in [2.45, 2.75) is 12.5 Å². The van der Waals surface area contributed by atoms with Crippen LogP contribution in [0, 0.1) is 0 Å². The number of benzene rings is 2. The molecule has 0 saturated heterocycles. The highest BCUT2D eigenvalue weighted by atomic mass is 16.4. The van der Waals surface area contributed by atoms with Gasteiger partial charge in [-0.15, -0.1) is 0 Å². The van der Waals surface area contributed by atoms with Gasteiger partial charge < -0.3 is 20.2 Å². The molecule has 5 heteroatoms. The maximum atomic E-state index is 11.9. The fourth-order valence-electron chi connectivity index (χ4n) is 2.28. The fraction of sp³-hybridized carbons (Fsp3) is 0.167. The molecule has 0 bridgehead atoms. The first-order chi connectivity index (χ1) is 11.0. The molecule has 0 aliphatic rings. The number of urea groups is 1. The van der Waals surface area contributed by atoms with Gasteiger partial charge in [0.25, 0.3) is 0 Å². The quantitative estimate of drug-likeness (QED) is 0.691. The molecule has 0 fully saturated rings. The van der Waals surface area contributed by atoms with Crippen LogP contribution in [0.5, 0.6) is 0 Å². The summed E-state index contributed by atoms with van der Waals surface area (Å²) in [6.45, 7) is 1.64. The first-order valence-corrected chi connectivity index (χ1v) is 7.36. The summed E-state index contributed by atoms with van der Waals surface area (Å²) >= 11 is 0. The van der Waals surface area contributed by atoms with Crippen molar-refractivity contribution < 1.29 is 14.3 Å². The van der Waals surface area contributed by atoms with E-state index in [0.29, 0.717) is 17.0 Å². The first kappa shape index (κ1) is 15.1. The Hall–Kier alpha value is -2.79. The average molecular weight is 310 g/mol. The second-order valence-electron chi connectivity index (χ2n) is 5.60. The van der Waals surface area contributed by atoms with Gasteiger partial charge in [0, 0.05) is 11.1 Å². The SMILES string of the molecule is CC(O)(CNC(=O)Nc1ccccc1)c1cc2ccccc2o1. The zero-order valence-electron chi connectivity index (χ0n) is 12.7. The van der Waals surface area contributed by atoms with E-state index in [1.807, 2.05) is 42.5 Å². The first-order valence-electron chi connectivity index (χ1n) is 7.36. The zero-order valence-corrected chi connectivity index (χ0v) is 12.7. The number of carbonyl (C=O) groups excluding carboxylic acids is 1. The van der Waals surface area contributed by atoms with Gasteiger partial charge in [-0.2, -0.15) is 0 Å². The smallest absolute Gasteiger partial charge is 0.319 e. The Kier molecular flexibility index (Phi) is 4.04. The summed E-state index contributed by atoms with van der Waals surface area (Å²) in [5, 5.41) is 16.8. The van der Waals surface area contributed by atoms with Gasteiger partial charge in [0.2, 0.25) is 0 Å². The molecule has 1 heterocycles. The number of hydrogen-bond donors (Lipinski definition) is 3. The Labute approximate surface area is 133 Å². The van der Waals surface area contributed by atoms with E-state index in [1.165, 1.54) is 0 Å². The van der Waals surface area contributed by atoms with Crippen LogP contribution in [-0.2, 0) is 5.60 Å². The number of aliphatic hydroxyl groups is 1. The van der Waals surface area contributed by atoms with Gasteiger partial charge in [0.15, 0.2) is 0 Å². The van der Waals surface area contributed by atoms with E-state index in [2.05, 4.69) is 10.6 Å². The lowest BCUT2D eigenvalue weighted by Gasteiger charge is -2.21. The van der Waals surface area contributed by atoms with Crippen LogP contribution < -0.4 is 10.6 Å². The van der Waals surface area contributed by atoms with E-state index in [4.69, 9.17) is 4.42 Å². The Morgan fingerprint density at radius 3 is 2.57 bits per heavy atom. The van der Waals surface area contributed by atoms with Crippen LogP contribution >= 0.6 is 0 Å². The maximum Gasteiger partial charge on any atom is 0.319 e. The summed E-state index contributed by atoms with van der Waals surface area (Å²) < 4.78 is 5.66. The molecule has 2 aromatic carbocycles. The largest absolute Gasteiger partial charge is 0.458 e. The Morgan fingerprint density at radius 1 is 1.13 bits per heavy atom. The van der Waals surface area contributed by atoms with Crippen molar-refractivity contribution >= 4 is 22.7 Å². The monoisotopic (exact) mass is 310 g/mol. The predicted molar refractivity (Wildman–Crippen MR) is 89.2 cm³/mol. The lowest BCUT2D eigenvalue weighted by molar-refractivity contribution is 0.0388. The molecule has 118 valence electrons. The molecule has 0 spiro atoms. The number of rotatable bonds is 4. The molecule has 1 atom stereocenters. The summed E-state index contributed by atoms with van der Waals surface area (Å²) in [4.78, 5) is 11.9. The van der Waals surface area contributed by atoms with Crippen molar-refractivity contribution in [2.24, 2.45) is 0 Å². The molecule has 0 saturated carbocycles. The molecule has 3 aromatic rings. The Morgan fingerprint density at radius 2 is 1.83 bits per heavy atom. The van der Waals surface area contributed by atoms with Crippen molar-refractivity contribution in [3.8, 4) is 0 Å². The second-order valence-corrected chi connectivity index (χ2v) is 5.60. The molecule has 23 heavy (non-hydrogen) atoms. The lowest BCUT2D eigenvalue weighted by Crippen LogP contribution is -2.40. The van der Waals surface area contributed by atoms with Crippen LogP contribution in [0.15, 0.2) is 65.1 Å². The van der Waals surface area contributed by atoms with Gasteiger partial charge in [-0.1, -0.05) is 36.4 Å². The maximum absolute atomic E-state index is 11.9. The van der Waals surface area contributed by atoms with Crippen LogP contribution in [0.4, 0.5) is 10.5 Å². The summed E-state index contributed by atoms with van der Waals surface area (Å²) in [5.41, 5.74) is 0.0949. The standard InChI is InChI=1S/C18H18N2O3/c1-18(22,16-11-13-7-5-6-10-15(13)23-16)12-19-17(21)20-14-8-3-2-4-9-14/h2-11,22H,12H2,1H3,(H2,19,20,21). The minimum absolute atomic E-state index is 0.0332. The topological polar surface area (TPSA) is 74.5 Å². The number of nitrogens with one attached hydrogen (secondary N) is 2. The molecule has 2 amide bonds. The van der Waals surface area contributed by atoms with Gasteiger partial charge in [-0.05, 0) is 31.2 Å². The number of fused-ring (bicyclic) bond motifs is 1. The summed E-state index contributed by atoms with van der Waals surface area (Å²) in [6.07, 6.45) is 0. The highest BCUT2D eigenvalue weighted by Crippen LogP contribution is 2.27. The van der Waals surface area contributed by atoms with E-state index < -0.39 is 5.60 Å². The van der Waals surface area contributed by atoms with E-state index in [0.717, 1.165) is 5.39 Å². The van der Waals surface area contributed by atoms with E-state index in [-0.39, 0.29) is 12.6 Å². The number of carbonyl (C=O) groups is 1.